The second kappa shape index (κ2) is 3.75. The second-order valence-electron chi connectivity index (χ2n) is 3.09. The minimum absolute atomic E-state index is 0.237. The first kappa shape index (κ1) is 9.15. The number of halogens is 1. The van der Waals surface area contributed by atoms with Crippen LogP contribution in [0.15, 0.2) is 30.2 Å². The molecule has 0 spiro atoms. The lowest BCUT2D eigenvalue weighted by Crippen LogP contribution is -2.16. The van der Waals surface area contributed by atoms with Gasteiger partial charge in [-0.2, -0.15) is 0 Å². The van der Waals surface area contributed by atoms with Crippen LogP contribution in [0.3, 0.4) is 0 Å². The summed E-state index contributed by atoms with van der Waals surface area (Å²) in [6.07, 6.45) is 4.23. The van der Waals surface area contributed by atoms with E-state index in [-0.39, 0.29) is 5.69 Å². The van der Waals surface area contributed by atoms with Crippen molar-refractivity contribution in [3.8, 4) is 0 Å². The van der Waals surface area contributed by atoms with Crippen LogP contribution in [0.2, 0.25) is 0 Å². The van der Waals surface area contributed by atoms with Gasteiger partial charge >= 0.3 is 0 Å². The number of hydrogen-bond acceptors (Lipinski definition) is 3. The average molecular weight is 194 g/mol. The molecule has 3 nitrogen and oxygen atoms in total. The van der Waals surface area contributed by atoms with Gasteiger partial charge in [0.2, 0.25) is 0 Å². The molecule has 0 aromatic carbocycles. The summed E-state index contributed by atoms with van der Waals surface area (Å²) in [5, 5.41) is 0. The number of aromatic nitrogens is 1. The molecule has 0 saturated heterocycles. The van der Waals surface area contributed by atoms with Crippen LogP contribution in [0.1, 0.15) is 18.2 Å². The molecule has 74 valence electrons. The van der Waals surface area contributed by atoms with Gasteiger partial charge in [0.05, 0.1) is 6.61 Å². The summed E-state index contributed by atoms with van der Waals surface area (Å²) in [5.74, 6) is 0.221. The summed E-state index contributed by atoms with van der Waals surface area (Å²) in [6, 6.07) is 2.30. The van der Waals surface area contributed by atoms with Crippen LogP contribution < -0.4 is 5.73 Å². The van der Waals surface area contributed by atoms with Crippen molar-refractivity contribution in [2.24, 2.45) is 5.73 Å². The molecule has 4 heteroatoms. The third kappa shape index (κ3) is 1.61. The number of ether oxygens (including phenoxy) is 1. The fourth-order valence-corrected chi connectivity index (χ4v) is 1.42. The third-order valence-electron chi connectivity index (χ3n) is 2.12. The number of rotatable bonds is 2. The number of hydrogen-bond donors (Lipinski definition) is 1. The standard InChI is InChI=1S/C10H11FN2O/c11-7-3-1-5-13-10(7)9(12)8-4-2-6-14-8/h1,3-5,9H,2,6,12H2. The normalized spacial score (nSPS) is 17.4. The monoisotopic (exact) mass is 194 g/mol. The Hall–Kier alpha value is -1.42. The maximum atomic E-state index is 13.3. The molecule has 1 unspecified atom stereocenters. The van der Waals surface area contributed by atoms with E-state index in [0.29, 0.717) is 12.4 Å². The van der Waals surface area contributed by atoms with Crippen LogP contribution in [0.4, 0.5) is 4.39 Å². The van der Waals surface area contributed by atoms with Gasteiger partial charge in [0.15, 0.2) is 0 Å². The van der Waals surface area contributed by atoms with Crippen molar-refractivity contribution >= 4 is 0 Å². The largest absolute Gasteiger partial charge is 0.496 e. The van der Waals surface area contributed by atoms with E-state index < -0.39 is 11.9 Å². The van der Waals surface area contributed by atoms with Crippen molar-refractivity contribution in [1.29, 1.82) is 0 Å². The minimum atomic E-state index is -0.585. The van der Waals surface area contributed by atoms with Crippen molar-refractivity contribution in [2.75, 3.05) is 6.61 Å². The van der Waals surface area contributed by atoms with Gasteiger partial charge in [-0.1, -0.05) is 0 Å². The van der Waals surface area contributed by atoms with Crippen LogP contribution in [-0.4, -0.2) is 11.6 Å². The van der Waals surface area contributed by atoms with Gasteiger partial charge in [0, 0.05) is 12.6 Å². The molecule has 1 aliphatic heterocycles. The van der Waals surface area contributed by atoms with E-state index in [0.717, 1.165) is 6.42 Å². The zero-order chi connectivity index (χ0) is 9.97. The van der Waals surface area contributed by atoms with Gasteiger partial charge in [-0.25, -0.2) is 4.39 Å². The summed E-state index contributed by atoms with van der Waals surface area (Å²) in [6.45, 7) is 0.623. The smallest absolute Gasteiger partial charge is 0.146 e. The average Bonchev–Trinajstić information content (AvgIpc) is 2.70. The van der Waals surface area contributed by atoms with Gasteiger partial charge in [-0.15, -0.1) is 0 Å². The van der Waals surface area contributed by atoms with Crippen molar-refractivity contribution in [2.45, 2.75) is 12.5 Å². The first-order chi connectivity index (χ1) is 6.79. The van der Waals surface area contributed by atoms with Crippen molar-refractivity contribution in [3.63, 3.8) is 0 Å². The summed E-state index contributed by atoms with van der Waals surface area (Å²) < 4.78 is 18.5. The van der Waals surface area contributed by atoms with E-state index >= 15 is 0 Å². The molecule has 14 heavy (non-hydrogen) atoms. The van der Waals surface area contributed by atoms with Gasteiger partial charge < -0.3 is 10.5 Å². The molecular weight excluding hydrogens is 183 g/mol. The van der Waals surface area contributed by atoms with E-state index in [9.17, 15) is 4.39 Å². The number of pyridine rings is 1. The zero-order valence-electron chi connectivity index (χ0n) is 7.61. The molecule has 1 atom stereocenters. The molecule has 0 bridgehead atoms. The number of nitrogens with two attached hydrogens (primary N) is 1. The minimum Gasteiger partial charge on any atom is -0.496 e. The molecule has 2 N–H and O–H groups in total. The maximum Gasteiger partial charge on any atom is 0.146 e. The van der Waals surface area contributed by atoms with Gasteiger partial charge in [-0.05, 0) is 18.2 Å². The van der Waals surface area contributed by atoms with Gasteiger partial charge in [0.25, 0.3) is 0 Å². The van der Waals surface area contributed by atoms with Crippen molar-refractivity contribution in [3.05, 3.63) is 41.7 Å². The predicted octanol–water partition coefficient (Wildman–Crippen LogP) is 1.52. The lowest BCUT2D eigenvalue weighted by molar-refractivity contribution is 0.223. The maximum absolute atomic E-state index is 13.3. The molecule has 2 rings (SSSR count). The van der Waals surface area contributed by atoms with Gasteiger partial charge in [0.1, 0.15) is 23.3 Å². The van der Waals surface area contributed by atoms with E-state index in [1.54, 1.807) is 0 Å². The fourth-order valence-electron chi connectivity index (χ4n) is 1.42. The molecule has 2 heterocycles. The van der Waals surface area contributed by atoms with Crippen LogP contribution in [0.5, 0.6) is 0 Å². The molecule has 0 fully saturated rings. The van der Waals surface area contributed by atoms with E-state index in [2.05, 4.69) is 4.98 Å². The Morgan fingerprint density at radius 2 is 2.43 bits per heavy atom. The Bertz CT molecular complexity index is 365. The predicted molar refractivity (Wildman–Crippen MR) is 49.8 cm³/mol. The van der Waals surface area contributed by atoms with Crippen LogP contribution >= 0.6 is 0 Å². The zero-order valence-corrected chi connectivity index (χ0v) is 7.61. The quantitative estimate of drug-likeness (QED) is 0.776. The first-order valence-corrected chi connectivity index (χ1v) is 4.48. The lowest BCUT2D eigenvalue weighted by atomic mass is 10.1. The van der Waals surface area contributed by atoms with Crippen molar-refractivity contribution in [1.82, 2.24) is 4.98 Å². The Labute approximate surface area is 81.4 Å². The summed E-state index contributed by atoms with van der Waals surface area (Å²) in [4.78, 5) is 3.90. The highest BCUT2D eigenvalue weighted by molar-refractivity contribution is 5.20. The second-order valence-corrected chi connectivity index (χ2v) is 3.09. The van der Waals surface area contributed by atoms with Gasteiger partial charge in [-0.3, -0.25) is 4.98 Å². The highest BCUT2D eigenvalue weighted by Crippen LogP contribution is 2.24. The molecule has 1 aromatic rings. The van der Waals surface area contributed by atoms with Crippen LogP contribution in [0.25, 0.3) is 0 Å². The lowest BCUT2D eigenvalue weighted by Gasteiger charge is -2.12. The van der Waals surface area contributed by atoms with Crippen molar-refractivity contribution < 1.29 is 9.13 Å². The van der Waals surface area contributed by atoms with Crippen LogP contribution in [-0.2, 0) is 4.74 Å². The summed E-state index contributed by atoms with van der Waals surface area (Å²) >= 11 is 0. The summed E-state index contributed by atoms with van der Waals surface area (Å²) in [7, 11) is 0. The Morgan fingerprint density at radius 3 is 3.07 bits per heavy atom. The Kier molecular flexibility index (Phi) is 2.45. The summed E-state index contributed by atoms with van der Waals surface area (Å²) in [5.41, 5.74) is 6.04. The van der Waals surface area contributed by atoms with Crippen LogP contribution in [0, 0.1) is 5.82 Å². The molecule has 0 aliphatic carbocycles. The molecule has 1 aromatic heterocycles. The van der Waals surface area contributed by atoms with E-state index in [1.165, 1.54) is 18.3 Å². The molecular formula is C10H11FN2O. The number of nitrogens with zero attached hydrogens (tertiary/aromatic N) is 1. The Balaban J connectivity index is 2.26. The topological polar surface area (TPSA) is 48.1 Å². The fraction of sp³-hybridized carbons (Fsp3) is 0.300. The third-order valence-corrected chi connectivity index (χ3v) is 2.12. The SMILES string of the molecule is NC(C1=CCCO1)c1ncccc1F. The molecule has 0 saturated carbocycles. The highest BCUT2D eigenvalue weighted by atomic mass is 19.1. The Morgan fingerprint density at radius 1 is 1.57 bits per heavy atom. The van der Waals surface area contributed by atoms with E-state index in [4.69, 9.17) is 10.5 Å². The molecule has 0 amide bonds. The van der Waals surface area contributed by atoms with E-state index in [1.807, 2.05) is 6.08 Å². The first-order valence-electron chi connectivity index (χ1n) is 4.48. The molecule has 1 aliphatic rings. The highest BCUT2D eigenvalue weighted by Gasteiger charge is 2.20. The molecule has 0 radical (unpaired) electrons.